The maximum atomic E-state index is 9.42. The molecule has 0 bridgehead atoms. The minimum atomic E-state index is 0. The Morgan fingerprint density at radius 1 is 0.960 bits per heavy atom. The summed E-state index contributed by atoms with van der Waals surface area (Å²) in [6.45, 7) is 0. The molecule has 1 radical (unpaired) electrons. The first-order chi connectivity index (χ1) is 11.7. The van der Waals surface area contributed by atoms with Gasteiger partial charge in [-0.3, -0.25) is 4.68 Å². The van der Waals surface area contributed by atoms with Crippen molar-refractivity contribution in [3.63, 3.8) is 0 Å². The van der Waals surface area contributed by atoms with Crippen molar-refractivity contribution < 1.29 is 25.2 Å². The van der Waals surface area contributed by atoms with Crippen molar-refractivity contribution in [3.8, 4) is 22.7 Å². The van der Waals surface area contributed by atoms with Crippen molar-refractivity contribution in [1.29, 1.82) is 0 Å². The zero-order valence-electron chi connectivity index (χ0n) is 13.6. The molecule has 4 rings (SSSR count). The molecule has 1 N–H and O–H groups in total. The first-order valence-electron chi connectivity index (χ1n) is 7.49. The summed E-state index contributed by atoms with van der Waals surface area (Å²) in [6.07, 6.45) is 5.39. The molecule has 0 amide bonds. The molecule has 2 aromatic heterocycles. The van der Waals surface area contributed by atoms with Crippen LogP contribution in [0.25, 0.3) is 16.9 Å². The van der Waals surface area contributed by atoms with Gasteiger partial charge in [0.2, 0.25) is 0 Å². The molecule has 2 aromatic carbocycles. The molecule has 0 unspecified atom stereocenters. The van der Waals surface area contributed by atoms with Gasteiger partial charge in [0.1, 0.15) is 11.4 Å². The van der Waals surface area contributed by atoms with Crippen molar-refractivity contribution in [2.75, 3.05) is 0 Å². The van der Waals surface area contributed by atoms with Crippen LogP contribution in [-0.2, 0) is 27.2 Å². The molecule has 0 saturated heterocycles. The number of rotatable bonds is 2. The van der Waals surface area contributed by atoms with Gasteiger partial charge >= 0.3 is 0 Å². The Hall–Kier alpha value is -2.69. The number of aromatic nitrogens is 4. The van der Waals surface area contributed by atoms with Crippen molar-refractivity contribution in [2.24, 2.45) is 7.05 Å². The summed E-state index contributed by atoms with van der Waals surface area (Å²) in [5.41, 5.74) is 2.71. The van der Waals surface area contributed by atoms with Gasteiger partial charge in [0.15, 0.2) is 0 Å². The van der Waals surface area contributed by atoms with Gasteiger partial charge in [-0.05, 0) is 18.2 Å². The second-order valence-corrected chi connectivity index (χ2v) is 5.09. The summed E-state index contributed by atoms with van der Waals surface area (Å²) < 4.78 is 3.41. The zero-order valence-corrected chi connectivity index (χ0v) is 16.0. The fraction of sp³-hybridized carbons (Fsp3) is 0.0526. The average Bonchev–Trinajstić information content (AvgIpc) is 3.28. The number of phenols is 1. The average molecular weight is 510 g/mol. The Morgan fingerprint density at radius 3 is 2.36 bits per heavy atom. The monoisotopic (exact) mass is 510 g/mol. The van der Waals surface area contributed by atoms with E-state index in [1.807, 2.05) is 61.8 Å². The first-order valence-corrected chi connectivity index (χ1v) is 7.49. The van der Waals surface area contributed by atoms with E-state index < -0.39 is 0 Å². The zero-order chi connectivity index (χ0) is 16.8. The summed E-state index contributed by atoms with van der Waals surface area (Å²) >= 11 is 0. The number of hydrogen-bond donors (Lipinski definition) is 1. The fourth-order valence-electron chi connectivity index (χ4n) is 2.18. The van der Waals surface area contributed by atoms with Gasteiger partial charge in [0, 0.05) is 51.4 Å². The van der Waals surface area contributed by atoms with Gasteiger partial charge in [-0.2, -0.15) is 5.10 Å². The largest absolute Gasteiger partial charge is 0.506 e. The number of phenolic OH excluding ortho intramolecular Hbond substituents is 1. The van der Waals surface area contributed by atoms with Crippen LogP contribution in [0.2, 0.25) is 0 Å². The molecule has 0 atom stereocenters. The molecular formula is C19H17IrN4O-. The second-order valence-electron chi connectivity index (χ2n) is 5.09. The number of para-hydroxylation sites is 2. The van der Waals surface area contributed by atoms with Crippen LogP contribution in [0.3, 0.4) is 0 Å². The predicted molar refractivity (Wildman–Crippen MR) is 92.7 cm³/mol. The smallest absolute Gasteiger partial charge is 0.141 e. The quantitative estimate of drug-likeness (QED) is 0.421. The SMILES string of the molecule is Cn1ccc(-c2[c-]cccc2)n1.Oc1ccccc1-n1cccn1.[Ir]. The summed E-state index contributed by atoms with van der Waals surface area (Å²) in [4.78, 5) is 0. The maximum absolute atomic E-state index is 9.42. The Labute approximate surface area is 159 Å². The third-order valence-electron chi connectivity index (χ3n) is 3.33. The van der Waals surface area contributed by atoms with E-state index in [1.54, 1.807) is 33.9 Å². The second kappa shape index (κ2) is 8.97. The molecular weight excluding hydrogens is 492 g/mol. The van der Waals surface area contributed by atoms with Crippen molar-refractivity contribution in [1.82, 2.24) is 19.6 Å². The summed E-state index contributed by atoms with van der Waals surface area (Å²) in [6, 6.07) is 21.8. The molecule has 4 aromatic rings. The summed E-state index contributed by atoms with van der Waals surface area (Å²) in [7, 11) is 1.91. The Morgan fingerprint density at radius 2 is 1.76 bits per heavy atom. The molecule has 129 valence electrons. The fourth-order valence-corrected chi connectivity index (χ4v) is 2.18. The van der Waals surface area contributed by atoms with E-state index in [2.05, 4.69) is 16.3 Å². The van der Waals surface area contributed by atoms with E-state index in [0.29, 0.717) is 5.69 Å². The van der Waals surface area contributed by atoms with E-state index in [-0.39, 0.29) is 25.9 Å². The number of hydrogen-bond acceptors (Lipinski definition) is 3. The Kier molecular flexibility index (Phi) is 6.69. The van der Waals surface area contributed by atoms with E-state index >= 15 is 0 Å². The van der Waals surface area contributed by atoms with Crippen molar-refractivity contribution in [3.05, 3.63) is 85.3 Å². The molecule has 5 nitrogen and oxygen atoms in total. The van der Waals surface area contributed by atoms with Crippen LogP contribution in [0.4, 0.5) is 0 Å². The molecule has 0 aliphatic heterocycles. The summed E-state index contributed by atoms with van der Waals surface area (Å²) in [5, 5.41) is 17.7. The van der Waals surface area contributed by atoms with Crippen LogP contribution in [0, 0.1) is 6.07 Å². The van der Waals surface area contributed by atoms with Gasteiger partial charge < -0.3 is 5.11 Å². The third kappa shape index (κ3) is 4.89. The number of benzene rings is 2. The van der Waals surface area contributed by atoms with Gasteiger partial charge in [-0.1, -0.05) is 18.2 Å². The topological polar surface area (TPSA) is 55.9 Å². The summed E-state index contributed by atoms with van der Waals surface area (Å²) in [5.74, 6) is 0.237. The van der Waals surface area contributed by atoms with Gasteiger partial charge in [-0.15, -0.1) is 35.9 Å². The van der Waals surface area contributed by atoms with E-state index in [0.717, 1.165) is 11.3 Å². The first kappa shape index (κ1) is 18.6. The van der Waals surface area contributed by atoms with Crippen molar-refractivity contribution in [2.45, 2.75) is 0 Å². The normalized spacial score (nSPS) is 9.64. The molecule has 2 heterocycles. The molecule has 6 heteroatoms. The standard InChI is InChI=1S/C10H9N2.C9H8N2O.Ir/c1-12-8-7-10(11-12)9-5-3-2-4-6-9;12-9-5-2-1-4-8(9)11-7-3-6-10-11;/h2-5,7-8H,1H3;1-7,12H;/q-1;;. The van der Waals surface area contributed by atoms with E-state index in [4.69, 9.17) is 0 Å². The van der Waals surface area contributed by atoms with Gasteiger partial charge in [0.05, 0.1) is 0 Å². The number of nitrogens with zero attached hydrogens (tertiary/aromatic N) is 4. The molecule has 0 aliphatic carbocycles. The Bertz CT molecular complexity index is 889. The van der Waals surface area contributed by atoms with E-state index in [1.165, 1.54) is 0 Å². The number of aryl methyl sites for hydroxylation is 1. The minimum Gasteiger partial charge on any atom is -0.506 e. The third-order valence-corrected chi connectivity index (χ3v) is 3.33. The number of aromatic hydroxyl groups is 1. The van der Waals surface area contributed by atoms with Gasteiger partial charge in [0.25, 0.3) is 0 Å². The van der Waals surface area contributed by atoms with Crippen molar-refractivity contribution >= 4 is 0 Å². The predicted octanol–water partition coefficient (Wildman–Crippen LogP) is 3.46. The van der Waals surface area contributed by atoms with Crippen LogP contribution >= 0.6 is 0 Å². The van der Waals surface area contributed by atoms with Gasteiger partial charge in [-0.25, -0.2) is 9.78 Å². The van der Waals surface area contributed by atoms with Crippen LogP contribution in [-0.4, -0.2) is 24.7 Å². The van der Waals surface area contributed by atoms with Crippen LogP contribution in [0.15, 0.2) is 79.3 Å². The molecule has 0 fully saturated rings. The van der Waals surface area contributed by atoms with Crippen LogP contribution in [0.1, 0.15) is 0 Å². The van der Waals surface area contributed by atoms with E-state index in [9.17, 15) is 5.11 Å². The maximum Gasteiger partial charge on any atom is 0.141 e. The molecule has 0 spiro atoms. The Balaban J connectivity index is 0.000000173. The molecule has 0 saturated carbocycles. The minimum absolute atomic E-state index is 0. The van der Waals surface area contributed by atoms with Crippen LogP contribution < -0.4 is 0 Å². The van der Waals surface area contributed by atoms with Crippen LogP contribution in [0.5, 0.6) is 5.75 Å². The molecule has 25 heavy (non-hydrogen) atoms. The molecule has 0 aliphatic rings.